The molecule has 0 rings (SSSR count). The molecule has 0 heterocycles. The van der Waals surface area contributed by atoms with Crippen LogP contribution in [0.15, 0.2) is 15.5 Å². The van der Waals surface area contributed by atoms with Gasteiger partial charge < -0.3 is 0 Å². The molecule has 0 radical (unpaired) electrons. The van der Waals surface area contributed by atoms with Crippen molar-refractivity contribution in [3.8, 4) is 0 Å². The molecule has 0 aliphatic heterocycles. The van der Waals surface area contributed by atoms with Gasteiger partial charge in [-0.2, -0.15) is 0 Å². The van der Waals surface area contributed by atoms with E-state index in [-0.39, 0.29) is 0 Å². The maximum absolute atomic E-state index is 3.83. The minimum atomic E-state index is 0.818. The van der Waals surface area contributed by atoms with E-state index < -0.39 is 0 Å². The first-order chi connectivity index (χ1) is 2.41. The predicted molar refractivity (Wildman–Crippen MR) is 17.5 cm³/mol. The minimum absolute atomic E-state index is 0.818. The molecule has 0 saturated carbocycles. The number of hydrogen-bond acceptors (Lipinski definition) is 1. The first-order valence-corrected chi connectivity index (χ1v) is 2.46. The van der Waals surface area contributed by atoms with Crippen molar-refractivity contribution in [3.05, 3.63) is 12.7 Å². The number of rotatable bonds is 2. The standard InChI is InChI=1S/C3H5N.Zr/c1-2-3-4;/h2H,1,3H2;. The summed E-state index contributed by atoms with van der Waals surface area (Å²) in [6.07, 6.45) is 1.79. The van der Waals surface area contributed by atoms with Crippen LogP contribution >= 0.6 is 0 Å². The Hall–Kier alpha value is 0.423. The first-order valence-electron chi connectivity index (χ1n) is 1.36. The van der Waals surface area contributed by atoms with Crippen molar-refractivity contribution in [3.63, 3.8) is 0 Å². The van der Waals surface area contributed by atoms with Crippen LogP contribution in [0.4, 0.5) is 0 Å². The summed E-state index contributed by atoms with van der Waals surface area (Å²) in [5, 5.41) is 0. The van der Waals surface area contributed by atoms with Gasteiger partial charge in [0.1, 0.15) is 0 Å². The van der Waals surface area contributed by atoms with Crippen molar-refractivity contribution in [1.29, 1.82) is 0 Å². The van der Waals surface area contributed by atoms with Crippen molar-refractivity contribution in [2.75, 3.05) is 6.54 Å². The van der Waals surface area contributed by atoms with Crippen LogP contribution in [0, 0.1) is 0 Å². The van der Waals surface area contributed by atoms with Crippen LogP contribution in [-0.4, -0.2) is 6.54 Å². The summed E-state index contributed by atoms with van der Waals surface area (Å²) in [4.78, 5) is 0. The molecule has 0 atom stereocenters. The van der Waals surface area contributed by atoms with Crippen LogP contribution in [0.2, 0.25) is 0 Å². The summed E-state index contributed by atoms with van der Waals surface area (Å²) in [7, 11) is 0. The Balaban J connectivity index is 2.65. The van der Waals surface area contributed by atoms with E-state index in [1.165, 1.54) is 24.6 Å². The number of nitrogens with zero attached hydrogens (tertiary/aromatic N) is 1. The summed E-state index contributed by atoms with van der Waals surface area (Å²) in [5.74, 6) is 0. The summed E-state index contributed by atoms with van der Waals surface area (Å²) >= 11 is 1.24. The van der Waals surface area contributed by atoms with E-state index in [2.05, 4.69) is 9.45 Å². The monoisotopic (exact) mass is 145 g/mol. The van der Waals surface area contributed by atoms with Crippen LogP contribution in [0.25, 0.3) is 0 Å². The third-order valence-corrected chi connectivity index (χ3v) is 0.669. The van der Waals surface area contributed by atoms with E-state index in [0.717, 1.165) is 6.54 Å². The molecule has 5 heavy (non-hydrogen) atoms. The topological polar surface area (TPSA) is 12.4 Å². The second-order valence-corrected chi connectivity index (χ2v) is 1.41. The fourth-order valence-corrected chi connectivity index (χ4v) is 0.382. The molecule has 0 fully saturated rings. The molecule has 0 amide bonds. The van der Waals surface area contributed by atoms with Gasteiger partial charge in [-0.15, -0.1) is 0 Å². The fraction of sp³-hybridized carbons (Fsp3) is 0.333. The Kier molecular flexibility index (Phi) is 4.80. The van der Waals surface area contributed by atoms with Crippen LogP contribution in [0.1, 0.15) is 0 Å². The van der Waals surface area contributed by atoms with Gasteiger partial charge in [0.2, 0.25) is 0 Å². The normalized spacial score (nSPS) is 6.20. The molecule has 26 valence electrons. The summed E-state index contributed by atoms with van der Waals surface area (Å²) in [6.45, 7) is 4.29. The molecule has 0 aromatic heterocycles. The van der Waals surface area contributed by atoms with Crippen LogP contribution < -0.4 is 0 Å². The van der Waals surface area contributed by atoms with Gasteiger partial charge in [-0.3, -0.25) is 0 Å². The van der Waals surface area contributed by atoms with Crippen LogP contribution in [0.5, 0.6) is 0 Å². The zero-order valence-electron chi connectivity index (χ0n) is 2.94. The summed E-state index contributed by atoms with van der Waals surface area (Å²) in [5.41, 5.74) is 0. The van der Waals surface area contributed by atoms with Gasteiger partial charge in [-0.05, 0) is 0 Å². The van der Waals surface area contributed by atoms with E-state index in [4.69, 9.17) is 0 Å². The molecule has 0 saturated heterocycles. The average Bonchev–Trinajstić information content (AvgIpc) is 1.41. The zero-order chi connectivity index (χ0) is 4.12. The van der Waals surface area contributed by atoms with E-state index >= 15 is 0 Å². The van der Waals surface area contributed by atoms with Gasteiger partial charge in [0, 0.05) is 0 Å². The molecule has 0 spiro atoms. The fourth-order valence-electron chi connectivity index (χ4n) is 0.0645. The quantitative estimate of drug-likeness (QED) is 0.513. The Bertz CT molecular complexity index is 36.2. The Morgan fingerprint density at radius 1 is 2.00 bits per heavy atom. The van der Waals surface area contributed by atoms with Gasteiger partial charge in [0.05, 0.1) is 0 Å². The van der Waals surface area contributed by atoms with Crippen molar-refractivity contribution >= 4 is 0 Å². The van der Waals surface area contributed by atoms with Crippen LogP contribution in [0.3, 0.4) is 0 Å². The van der Waals surface area contributed by atoms with E-state index in [0.29, 0.717) is 0 Å². The van der Waals surface area contributed by atoms with Gasteiger partial charge >= 0.3 is 46.6 Å². The van der Waals surface area contributed by atoms with E-state index in [1.807, 2.05) is 0 Å². The zero-order valence-corrected chi connectivity index (χ0v) is 5.40. The van der Waals surface area contributed by atoms with E-state index in [9.17, 15) is 0 Å². The maximum atomic E-state index is 3.83. The molecule has 0 N–H and O–H groups in total. The Labute approximate surface area is 46.9 Å². The third kappa shape index (κ3) is 4.42. The van der Waals surface area contributed by atoms with Crippen molar-refractivity contribution in [2.24, 2.45) is 2.87 Å². The van der Waals surface area contributed by atoms with Gasteiger partial charge in [-0.1, -0.05) is 0 Å². The SMILES string of the molecule is C=CC[N]=[Zr]. The Morgan fingerprint density at radius 2 is 2.60 bits per heavy atom. The van der Waals surface area contributed by atoms with Crippen molar-refractivity contribution in [2.45, 2.75) is 0 Å². The molecule has 0 unspecified atom stereocenters. The van der Waals surface area contributed by atoms with Gasteiger partial charge in [0.15, 0.2) is 0 Å². The average molecular weight is 146 g/mol. The molecule has 1 nitrogen and oxygen atoms in total. The summed E-state index contributed by atoms with van der Waals surface area (Å²) < 4.78 is 3.83. The molecular formula is C3H5NZr. The second-order valence-electron chi connectivity index (χ2n) is 0.629. The Morgan fingerprint density at radius 3 is 2.60 bits per heavy atom. The van der Waals surface area contributed by atoms with Crippen LogP contribution in [-0.2, 0) is 24.6 Å². The number of hydrogen-bond donors (Lipinski definition) is 0. The molecular weight excluding hydrogens is 141 g/mol. The van der Waals surface area contributed by atoms with Gasteiger partial charge in [-0.25, -0.2) is 0 Å². The molecule has 2 heteroatoms. The van der Waals surface area contributed by atoms with E-state index in [1.54, 1.807) is 6.08 Å². The first kappa shape index (κ1) is 5.42. The molecule has 0 aromatic rings. The van der Waals surface area contributed by atoms with Crippen molar-refractivity contribution in [1.82, 2.24) is 0 Å². The molecule has 0 bridgehead atoms. The van der Waals surface area contributed by atoms with Crippen molar-refractivity contribution < 1.29 is 24.6 Å². The predicted octanol–water partition coefficient (Wildman–Crippen LogP) is 0.903. The summed E-state index contributed by atoms with van der Waals surface area (Å²) in [6, 6.07) is 0. The molecule has 0 aliphatic rings. The third-order valence-electron chi connectivity index (χ3n) is 0.220. The molecule has 0 aliphatic carbocycles. The molecule has 0 aromatic carbocycles. The van der Waals surface area contributed by atoms with Gasteiger partial charge in [0.25, 0.3) is 0 Å². The second kappa shape index (κ2) is 4.42.